The second-order valence-corrected chi connectivity index (χ2v) is 6.80. The molecule has 1 heterocycles. The molecule has 0 spiro atoms. The number of amides is 1. The molecule has 150 valence electrons. The molecule has 0 aliphatic rings. The molecule has 29 heavy (non-hydrogen) atoms. The number of nitrogen functional groups attached to an aromatic ring is 1. The van der Waals surface area contributed by atoms with Crippen LogP contribution in [0.25, 0.3) is 16.9 Å². The van der Waals surface area contributed by atoms with E-state index in [1.807, 2.05) is 49.4 Å². The van der Waals surface area contributed by atoms with Gasteiger partial charge in [0.15, 0.2) is 0 Å². The normalized spacial score (nSPS) is 10.7. The molecule has 0 radical (unpaired) electrons. The van der Waals surface area contributed by atoms with Crippen LogP contribution in [0.15, 0.2) is 54.6 Å². The molecule has 0 fully saturated rings. The second-order valence-electron chi connectivity index (χ2n) is 6.80. The lowest BCUT2D eigenvalue weighted by atomic mass is 10.1. The maximum atomic E-state index is 11.9. The number of hydrogen-bond donors (Lipinski definition) is 2. The van der Waals surface area contributed by atoms with Crippen molar-refractivity contribution in [1.82, 2.24) is 4.57 Å². The number of hydrogen-bond acceptors (Lipinski definition) is 4. The summed E-state index contributed by atoms with van der Waals surface area (Å²) in [4.78, 5) is 23.4. The summed E-state index contributed by atoms with van der Waals surface area (Å²) in [5.41, 5.74) is 17.3. The molecule has 6 nitrogen and oxygen atoms in total. The van der Waals surface area contributed by atoms with Crippen molar-refractivity contribution in [1.29, 1.82) is 0 Å². The minimum absolute atomic E-state index is 0.234. The van der Waals surface area contributed by atoms with Crippen molar-refractivity contribution in [2.45, 2.75) is 26.7 Å². The van der Waals surface area contributed by atoms with Gasteiger partial charge in [0, 0.05) is 28.2 Å². The lowest BCUT2D eigenvalue weighted by Crippen LogP contribution is -2.13. The van der Waals surface area contributed by atoms with Crippen LogP contribution in [0.5, 0.6) is 0 Å². The number of primary amides is 1. The zero-order valence-corrected chi connectivity index (χ0v) is 16.6. The van der Waals surface area contributed by atoms with Crippen molar-refractivity contribution in [3.05, 3.63) is 71.4 Å². The summed E-state index contributed by atoms with van der Waals surface area (Å²) in [5.74, 6) is -0.705. The summed E-state index contributed by atoms with van der Waals surface area (Å²) < 4.78 is 7.14. The summed E-state index contributed by atoms with van der Waals surface area (Å²) >= 11 is 0. The van der Waals surface area contributed by atoms with Gasteiger partial charge in [0.2, 0.25) is 5.91 Å². The molecule has 2 aromatic carbocycles. The van der Waals surface area contributed by atoms with Gasteiger partial charge in [-0.25, -0.2) is 0 Å². The van der Waals surface area contributed by atoms with Crippen molar-refractivity contribution < 1.29 is 14.3 Å². The Bertz CT molecular complexity index is 1050. The summed E-state index contributed by atoms with van der Waals surface area (Å²) in [6.07, 6.45) is 0.794. The van der Waals surface area contributed by atoms with Crippen LogP contribution in [0.4, 0.5) is 5.69 Å². The van der Waals surface area contributed by atoms with Crippen LogP contribution >= 0.6 is 0 Å². The minimum atomic E-state index is -0.470. The summed E-state index contributed by atoms with van der Waals surface area (Å²) in [7, 11) is 0. The van der Waals surface area contributed by atoms with Gasteiger partial charge in [-0.3, -0.25) is 9.59 Å². The number of ether oxygens (including phenoxy) is 1. The van der Waals surface area contributed by atoms with Crippen LogP contribution < -0.4 is 11.5 Å². The predicted octanol–water partition coefficient (Wildman–Crippen LogP) is 3.63. The Balaban J connectivity index is 2.11. The average molecular weight is 391 g/mol. The van der Waals surface area contributed by atoms with Crippen molar-refractivity contribution >= 4 is 17.6 Å². The smallest absolute Gasteiger partial charge is 0.306 e. The van der Waals surface area contributed by atoms with E-state index in [-0.39, 0.29) is 12.4 Å². The van der Waals surface area contributed by atoms with Crippen molar-refractivity contribution in [3.63, 3.8) is 0 Å². The molecule has 4 N–H and O–H groups in total. The van der Waals surface area contributed by atoms with E-state index < -0.39 is 5.91 Å². The number of para-hydroxylation sites is 1. The van der Waals surface area contributed by atoms with Gasteiger partial charge in [0.05, 0.1) is 18.7 Å². The standard InChI is InChI=1S/C23H25N3O3/c1-3-29-22(27)13-10-17-9-12-21(18-6-4-5-7-19(18)24)26(17)20-11-8-16(23(25)28)14-15(20)2/h4-9,11-12,14H,3,10,13,24H2,1-2H3,(H2,25,28). The molecule has 3 aromatic rings. The first-order chi connectivity index (χ1) is 13.9. The van der Waals surface area contributed by atoms with Crippen molar-refractivity contribution in [3.8, 4) is 16.9 Å². The first-order valence-corrected chi connectivity index (χ1v) is 9.54. The highest BCUT2D eigenvalue weighted by molar-refractivity contribution is 5.93. The van der Waals surface area contributed by atoms with Gasteiger partial charge in [-0.05, 0) is 62.2 Å². The number of carbonyl (C=O) groups is 2. The Kier molecular flexibility index (Phi) is 6.02. The average Bonchev–Trinajstić information content (AvgIpc) is 3.10. The first kappa shape index (κ1) is 20.2. The molecule has 6 heteroatoms. The quantitative estimate of drug-likeness (QED) is 0.474. The van der Waals surface area contributed by atoms with E-state index in [4.69, 9.17) is 16.2 Å². The van der Waals surface area contributed by atoms with Gasteiger partial charge in [-0.15, -0.1) is 0 Å². The van der Waals surface area contributed by atoms with Gasteiger partial charge in [-0.1, -0.05) is 18.2 Å². The Morgan fingerprint density at radius 2 is 1.83 bits per heavy atom. The highest BCUT2D eigenvalue weighted by Crippen LogP contribution is 2.32. The summed E-state index contributed by atoms with van der Waals surface area (Å²) in [5, 5.41) is 0. The lowest BCUT2D eigenvalue weighted by molar-refractivity contribution is -0.143. The van der Waals surface area contributed by atoms with Crippen LogP contribution in [0, 0.1) is 6.92 Å². The van der Waals surface area contributed by atoms with E-state index in [9.17, 15) is 9.59 Å². The van der Waals surface area contributed by atoms with E-state index >= 15 is 0 Å². The molecule has 1 amide bonds. The van der Waals surface area contributed by atoms with Crippen molar-refractivity contribution in [2.75, 3.05) is 12.3 Å². The highest BCUT2D eigenvalue weighted by atomic mass is 16.5. The van der Waals surface area contributed by atoms with Gasteiger partial charge in [-0.2, -0.15) is 0 Å². The lowest BCUT2D eigenvalue weighted by Gasteiger charge is -2.18. The molecular formula is C23H25N3O3. The fraction of sp³-hybridized carbons (Fsp3) is 0.217. The third-order valence-electron chi connectivity index (χ3n) is 4.81. The number of anilines is 1. The minimum Gasteiger partial charge on any atom is -0.466 e. The molecule has 0 atom stereocenters. The van der Waals surface area contributed by atoms with Gasteiger partial charge >= 0.3 is 5.97 Å². The molecule has 1 aromatic heterocycles. The maximum absolute atomic E-state index is 11.9. The molecule has 0 saturated carbocycles. The molecule has 0 saturated heterocycles. The van der Waals surface area contributed by atoms with E-state index in [1.165, 1.54) is 0 Å². The van der Waals surface area contributed by atoms with Crippen LogP contribution in [0.1, 0.15) is 35.0 Å². The molecular weight excluding hydrogens is 366 g/mol. The molecule has 0 aliphatic carbocycles. The number of nitrogens with zero attached hydrogens (tertiary/aromatic N) is 1. The number of esters is 1. The number of benzene rings is 2. The van der Waals surface area contributed by atoms with Crippen LogP contribution in [-0.2, 0) is 16.0 Å². The number of carbonyl (C=O) groups excluding carboxylic acids is 2. The Hall–Kier alpha value is -3.54. The van der Waals surface area contributed by atoms with Crippen LogP contribution in [-0.4, -0.2) is 23.1 Å². The summed E-state index contributed by atoms with van der Waals surface area (Å²) in [6.45, 7) is 4.08. The van der Waals surface area contributed by atoms with E-state index in [2.05, 4.69) is 4.57 Å². The number of aromatic nitrogens is 1. The first-order valence-electron chi connectivity index (χ1n) is 9.54. The zero-order chi connectivity index (χ0) is 21.0. The molecule has 0 unspecified atom stereocenters. The second kappa shape index (κ2) is 8.65. The third-order valence-corrected chi connectivity index (χ3v) is 4.81. The SMILES string of the molecule is CCOC(=O)CCc1ccc(-c2ccccc2N)n1-c1ccc(C(N)=O)cc1C. The Morgan fingerprint density at radius 3 is 2.48 bits per heavy atom. The largest absolute Gasteiger partial charge is 0.466 e. The van der Waals surface area contributed by atoms with E-state index in [1.54, 1.807) is 19.1 Å². The fourth-order valence-corrected chi connectivity index (χ4v) is 3.42. The monoisotopic (exact) mass is 391 g/mol. The maximum Gasteiger partial charge on any atom is 0.306 e. The van der Waals surface area contributed by atoms with Crippen LogP contribution in [0.2, 0.25) is 0 Å². The van der Waals surface area contributed by atoms with Crippen LogP contribution in [0.3, 0.4) is 0 Å². The predicted molar refractivity (Wildman–Crippen MR) is 114 cm³/mol. The highest BCUT2D eigenvalue weighted by Gasteiger charge is 2.17. The topological polar surface area (TPSA) is 100 Å². The zero-order valence-electron chi connectivity index (χ0n) is 16.6. The number of rotatable bonds is 7. The molecule has 3 rings (SSSR count). The Labute approximate surface area is 170 Å². The van der Waals surface area contributed by atoms with E-state index in [0.717, 1.165) is 28.2 Å². The van der Waals surface area contributed by atoms with E-state index in [0.29, 0.717) is 24.3 Å². The fourth-order valence-electron chi connectivity index (χ4n) is 3.42. The Morgan fingerprint density at radius 1 is 1.07 bits per heavy atom. The molecule has 0 bridgehead atoms. The summed E-state index contributed by atoms with van der Waals surface area (Å²) in [6, 6.07) is 17.0. The van der Waals surface area contributed by atoms with Gasteiger partial charge < -0.3 is 20.8 Å². The third kappa shape index (κ3) is 4.32. The van der Waals surface area contributed by atoms with Gasteiger partial charge in [0.1, 0.15) is 0 Å². The van der Waals surface area contributed by atoms with Gasteiger partial charge in [0.25, 0.3) is 0 Å². The number of nitrogens with two attached hydrogens (primary N) is 2. The number of aryl methyl sites for hydroxylation is 2. The molecule has 0 aliphatic heterocycles. The van der Waals surface area contributed by atoms with Crippen molar-refractivity contribution in [2.24, 2.45) is 5.73 Å².